The predicted octanol–water partition coefficient (Wildman–Crippen LogP) is 3.66. The van der Waals surface area contributed by atoms with E-state index in [1.54, 1.807) is 23.5 Å². The van der Waals surface area contributed by atoms with Crippen LogP contribution in [-0.2, 0) is 0 Å². The number of carbonyl (C=O) groups excluding carboxylic acids is 1. The fourth-order valence-electron chi connectivity index (χ4n) is 1.66. The van der Waals surface area contributed by atoms with Crippen molar-refractivity contribution in [3.63, 3.8) is 0 Å². The summed E-state index contributed by atoms with van der Waals surface area (Å²) in [5, 5.41) is 5.97. The van der Waals surface area contributed by atoms with Gasteiger partial charge in [0.05, 0.1) is 16.7 Å². The van der Waals surface area contributed by atoms with Crippen LogP contribution in [0.15, 0.2) is 21.9 Å². The van der Waals surface area contributed by atoms with Crippen molar-refractivity contribution in [2.75, 3.05) is 0 Å². The molecule has 0 aliphatic heterocycles. The summed E-state index contributed by atoms with van der Waals surface area (Å²) in [4.78, 5) is 16.5. The quantitative estimate of drug-likeness (QED) is 0.928. The number of thiazole rings is 1. The van der Waals surface area contributed by atoms with Gasteiger partial charge in [-0.3, -0.25) is 4.79 Å². The number of hydrogen-bond acceptors (Lipinski definition) is 4. The molecular formula is C14H18N2O2S. The summed E-state index contributed by atoms with van der Waals surface area (Å²) in [6.45, 7) is 7.96. The minimum atomic E-state index is -0.209. The molecule has 2 rings (SSSR count). The third kappa shape index (κ3) is 3.23. The van der Waals surface area contributed by atoms with E-state index in [9.17, 15) is 4.79 Å². The monoisotopic (exact) mass is 278 g/mol. The van der Waals surface area contributed by atoms with Crippen molar-refractivity contribution >= 4 is 17.2 Å². The lowest BCUT2D eigenvalue weighted by Gasteiger charge is -2.10. The van der Waals surface area contributed by atoms with E-state index in [1.807, 2.05) is 19.2 Å². The highest BCUT2D eigenvalue weighted by Gasteiger charge is 2.17. The topological polar surface area (TPSA) is 55.1 Å². The molecule has 2 aromatic rings. The second-order valence-corrected chi connectivity index (χ2v) is 5.76. The van der Waals surface area contributed by atoms with Gasteiger partial charge in [0.15, 0.2) is 5.76 Å². The molecule has 0 fully saturated rings. The zero-order valence-corrected chi connectivity index (χ0v) is 12.4. The highest BCUT2D eigenvalue weighted by atomic mass is 32.1. The van der Waals surface area contributed by atoms with E-state index in [-0.39, 0.29) is 11.9 Å². The van der Waals surface area contributed by atoms with Gasteiger partial charge in [-0.05, 0) is 26.0 Å². The highest BCUT2D eigenvalue weighted by molar-refractivity contribution is 7.09. The number of amides is 1. The van der Waals surface area contributed by atoms with Gasteiger partial charge in [-0.1, -0.05) is 13.8 Å². The van der Waals surface area contributed by atoms with Crippen molar-refractivity contribution in [2.24, 2.45) is 0 Å². The molecule has 5 heteroatoms. The van der Waals surface area contributed by atoms with Crippen LogP contribution in [0.3, 0.4) is 0 Å². The number of aromatic nitrogens is 1. The maximum absolute atomic E-state index is 12.0. The molecule has 0 radical (unpaired) electrons. The van der Waals surface area contributed by atoms with Crippen LogP contribution in [0.25, 0.3) is 0 Å². The lowest BCUT2D eigenvalue weighted by Crippen LogP contribution is -2.26. The summed E-state index contributed by atoms with van der Waals surface area (Å²) in [6.07, 6.45) is 0. The molecule has 0 saturated heterocycles. The Morgan fingerprint density at radius 2 is 2.11 bits per heavy atom. The highest BCUT2D eigenvalue weighted by Crippen LogP contribution is 2.23. The van der Waals surface area contributed by atoms with E-state index in [0.29, 0.717) is 11.7 Å². The first kappa shape index (κ1) is 13.8. The number of carbonyl (C=O) groups is 1. The molecule has 0 spiro atoms. The first-order valence-corrected chi connectivity index (χ1v) is 7.18. The molecule has 2 aromatic heterocycles. The average Bonchev–Trinajstić information content (AvgIpc) is 2.96. The lowest BCUT2D eigenvalue weighted by atomic mass is 10.2. The van der Waals surface area contributed by atoms with E-state index in [4.69, 9.17) is 4.42 Å². The summed E-state index contributed by atoms with van der Waals surface area (Å²) < 4.78 is 5.30. The van der Waals surface area contributed by atoms with Gasteiger partial charge in [-0.25, -0.2) is 4.98 Å². The minimum Gasteiger partial charge on any atom is -0.456 e. The zero-order chi connectivity index (χ0) is 14.0. The van der Waals surface area contributed by atoms with E-state index in [2.05, 4.69) is 24.1 Å². The second-order valence-electron chi connectivity index (χ2n) is 4.87. The Kier molecular flexibility index (Phi) is 4.04. The largest absolute Gasteiger partial charge is 0.456 e. The standard InChI is InChI=1S/C14H18N2O2S/c1-8(2)14-16-11(7-19-14)10(4)15-13(17)12-6-5-9(3)18-12/h5-8,10H,1-4H3,(H,15,17)/t10-/m0/s1. The molecule has 19 heavy (non-hydrogen) atoms. The number of nitrogens with zero attached hydrogens (tertiary/aromatic N) is 1. The number of hydrogen-bond donors (Lipinski definition) is 1. The van der Waals surface area contributed by atoms with Crippen LogP contribution in [-0.4, -0.2) is 10.9 Å². The second kappa shape index (κ2) is 5.57. The molecule has 1 atom stereocenters. The van der Waals surface area contributed by atoms with Crippen LogP contribution >= 0.6 is 11.3 Å². The molecule has 0 bridgehead atoms. The fourth-order valence-corrected chi connectivity index (χ4v) is 2.59. The van der Waals surface area contributed by atoms with Crippen LogP contribution in [0.5, 0.6) is 0 Å². The van der Waals surface area contributed by atoms with Crippen LogP contribution in [0.4, 0.5) is 0 Å². The molecule has 0 aliphatic carbocycles. The molecular weight excluding hydrogens is 260 g/mol. The fraction of sp³-hybridized carbons (Fsp3) is 0.429. The summed E-state index contributed by atoms with van der Waals surface area (Å²) in [7, 11) is 0. The zero-order valence-electron chi connectivity index (χ0n) is 11.6. The Balaban J connectivity index is 2.04. The van der Waals surface area contributed by atoms with Gasteiger partial charge in [0, 0.05) is 11.3 Å². The molecule has 0 aliphatic rings. The van der Waals surface area contributed by atoms with Crippen molar-refractivity contribution in [1.82, 2.24) is 10.3 Å². The van der Waals surface area contributed by atoms with Gasteiger partial charge in [0.1, 0.15) is 5.76 Å². The SMILES string of the molecule is Cc1ccc(C(=O)N[C@@H](C)c2csc(C(C)C)n2)o1. The summed E-state index contributed by atoms with van der Waals surface area (Å²) in [5.41, 5.74) is 0.894. The molecule has 0 aromatic carbocycles. The van der Waals surface area contributed by atoms with Crippen molar-refractivity contribution in [3.05, 3.63) is 39.7 Å². The number of rotatable bonds is 4. The molecule has 1 N–H and O–H groups in total. The Bertz CT molecular complexity index is 572. The van der Waals surface area contributed by atoms with Gasteiger partial charge in [-0.15, -0.1) is 11.3 Å². The van der Waals surface area contributed by atoms with Crippen molar-refractivity contribution in [2.45, 2.75) is 39.7 Å². The van der Waals surface area contributed by atoms with E-state index < -0.39 is 0 Å². The van der Waals surface area contributed by atoms with Crippen LogP contribution in [0.2, 0.25) is 0 Å². The van der Waals surface area contributed by atoms with E-state index in [0.717, 1.165) is 16.5 Å². The molecule has 4 nitrogen and oxygen atoms in total. The van der Waals surface area contributed by atoms with Crippen LogP contribution in [0, 0.1) is 6.92 Å². The van der Waals surface area contributed by atoms with E-state index in [1.165, 1.54) is 0 Å². The summed E-state index contributed by atoms with van der Waals surface area (Å²) >= 11 is 1.63. The van der Waals surface area contributed by atoms with Crippen LogP contribution in [0.1, 0.15) is 59.7 Å². The Morgan fingerprint density at radius 1 is 1.37 bits per heavy atom. The number of furan rings is 1. The molecule has 0 unspecified atom stereocenters. The van der Waals surface area contributed by atoms with Crippen LogP contribution < -0.4 is 5.32 Å². The average molecular weight is 278 g/mol. The van der Waals surface area contributed by atoms with Gasteiger partial charge < -0.3 is 9.73 Å². The van der Waals surface area contributed by atoms with Gasteiger partial charge in [0.2, 0.25) is 0 Å². The van der Waals surface area contributed by atoms with E-state index >= 15 is 0 Å². The van der Waals surface area contributed by atoms with Crippen molar-refractivity contribution in [1.29, 1.82) is 0 Å². The summed E-state index contributed by atoms with van der Waals surface area (Å²) in [6, 6.07) is 3.33. The first-order valence-electron chi connectivity index (χ1n) is 6.30. The third-order valence-corrected chi connectivity index (χ3v) is 3.95. The Labute approximate surface area is 116 Å². The van der Waals surface area contributed by atoms with Gasteiger partial charge in [-0.2, -0.15) is 0 Å². The maximum atomic E-state index is 12.0. The van der Waals surface area contributed by atoms with Gasteiger partial charge in [0.25, 0.3) is 5.91 Å². The smallest absolute Gasteiger partial charge is 0.287 e. The molecule has 0 saturated carbocycles. The molecule has 102 valence electrons. The van der Waals surface area contributed by atoms with Gasteiger partial charge >= 0.3 is 0 Å². The maximum Gasteiger partial charge on any atom is 0.287 e. The van der Waals surface area contributed by atoms with Crippen molar-refractivity contribution in [3.8, 4) is 0 Å². The molecule has 2 heterocycles. The Morgan fingerprint density at radius 3 is 2.63 bits per heavy atom. The normalized spacial score (nSPS) is 12.7. The Hall–Kier alpha value is -1.62. The minimum absolute atomic E-state index is 0.123. The third-order valence-electron chi connectivity index (χ3n) is 2.79. The first-order chi connectivity index (χ1) is 8.97. The number of aryl methyl sites for hydroxylation is 1. The molecule has 1 amide bonds. The predicted molar refractivity (Wildman–Crippen MR) is 75.5 cm³/mol. The number of nitrogens with one attached hydrogen (secondary N) is 1. The lowest BCUT2D eigenvalue weighted by molar-refractivity contribution is 0.0910. The van der Waals surface area contributed by atoms with Crippen molar-refractivity contribution < 1.29 is 9.21 Å². The summed E-state index contributed by atoms with van der Waals surface area (Å²) in [5.74, 6) is 1.27.